The molecule has 1 aliphatic carbocycles. The minimum Gasteiger partial charge on any atom is -0.456 e. The molecule has 0 unspecified atom stereocenters. The lowest BCUT2D eigenvalue weighted by molar-refractivity contribution is 0.660. The van der Waals surface area contributed by atoms with Crippen LogP contribution in [-0.4, -0.2) is 0 Å². The highest BCUT2D eigenvalue weighted by molar-refractivity contribution is 6.24. The van der Waals surface area contributed by atoms with E-state index >= 15 is 0 Å². The number of furan rings is 1. The zero-order chi connectivity index (χ0) is 31.3. The Morgan fingerprint density at radius 2 is 1.17 bits per heavy atom. The molecule has 1 heterocycles. The first-order valence-electron chi connectivity index (χ1n) is 16.4. The third kappa shape index (κ3) is 3.73. The van der Waals surface area contributed by atoms with Crippen LogP contribution in [0.4, 0.5) is 17.1 Å². The van der Waals surface area contributed by atoms with Gasteiger partial charge in [0.15, 0.2) is 0 Å². The summed E-state index contributed by atoms with van der Waals surface area (Å²) in [6.45, 7) is 4.70. The molecule has 0 amide bonds. The maximum atomic E-state index is 6.25. The van der Waals surface area contributed by atoms with Crippen molar-refractivity contribution in [2.45, 2.75) is 19.3 Å². The summed E-state index contributed by atoms with van der Waals surface area (Å²) in [4.78, 5) is 2.43. The van der Waals surface area contributed by atoms with Crippen molar-refractivity contribution in [2.75, 3.05) is 4.90 Å². The van der Waals surface area contributed by atoms with Crippen LogP contribution in [0.1, 0.15) is 25.0 Å². The third-order valence-electron chi connectivity index (χ3n) is 10.4. The standard InChI is InChI=1S/C45H31NO/c1-45(2)38-14-6-5-13-35(38)36-24-22-32(27-39(36)45)46(40-15-7-10-28-9-3-4-12-34(28)40)31-20-17-29(18-21-31)33-25-26-42-44-37(33)23-19-30-11-8-16-41(47-42)43(30)44/h3-27H,1-2H3. The van der Waals surface area contributed by atoms with E-state index in [1.807, 2.05) is 0 Å². The van der Waals surface area contributed by atoms with Crippen LogP contribution < -0.4 is 4.90 Å². The summed E-state index contributed by atoms with van der Waals surface area (Å²) < 4.78 is 6.25. The highest BCUT2D eigenvalue weighted by Crippen LogP contribution is 2.51. The van der Waals surface area contributed by atoms with Crippen molar-refractivity contribution in [2.24, 2.45) is 0 Å². The van der Waals surface area contributed by atoms with E-state index in [-0.39, 0.29) is 5.41 Å². The van der Waals surface area contributed by atoms with E-state index in [1.54, 1.807) is 0 Å². The van der Waals surface area contributed by atoms with E-state index in [0.717, 1.165) is 22.5 Å². The molecule has 0 aliphatic heterocycles. The van der Waals surface area contributed by atoms with Gasteiger partial charge in [0.2, 0.25) is 0 Å². The molecule has 0 fully saturated rings. The Bertz CT molecular complexity index is 2650. The second-order valence-corrected chi connectivity index (χ2v) is 13.3. The summed E-state index contributed by atoms with van der Waals surface area (Å²) in [5, 5.41) is 7.31. The zero-order valence-corrected chi connectivity index (χ0v) is 26.3. The van der Waals surface area contributed by atoms with Gasteiger partial charge in [-0.05, 0) is 92.0 Å². The average molecular weight is 602 g/mol. The highest BCUT2D eigenvalue weighted by atomic mass is 16.3. The van der Waals surface area contributed by atoms with E-state index < -0.39 is 0 Å². The second kappa shape index (κ2) is 9.57. The summed E-state index contributed by atoms with van der Waals surface area (Å²) in [7, 11) is 0. The average Bonchev–Trinajstić information content (AvgIpc) is 3.61. The molecule has 0 radical (unpaired) electrons. The van der Waals surface area contributed by atoms with Crippen molar-refractivity contribution in [1.82, 2.24) is 0 Å². The molecular formula is C45H31NO. The molecule has 8 aromatic carbocycles. The summed E-state index contributed by atoms with van der Waals surface area (Å²) in [5.41, 5.74) is 13.1. The first kappa shape index (κ1) is 26.4. The predicted molar refractivity (Wildman–Crippen MR) is 198 cm³/mol. The summed E-state index contributed by atoms with van der Waals surface area (Å²) >= 11 is 0. The minimum atomic E-state index is -0.0825. The number of rotatable bonds is 4. The lowest BCUT2D eigenvalue weighted by Crippen LogP contribution is -2.16. The Kier molecular flexibility index (Phi) is 5.37. The number of hydrogen-bond acceptors (Lipinski definition) is 2. The quantitative estimate of drug-likeness (QED) is 0.187. The lowest BCUT2D eigenvalue weighted by Gasteiger charge is -2.29. The van der Waals surface area contributed by atoms with Crippen LogP contribution in [0.3, 0.4) is 0 Å². The second-order valence-electron chi connectivity index (χ2n) is 13.3. The molecule has 0 saturated heterocycles. The normalized spacial score (nSPS) is 13.5. The molecule has 1 aliphatic rings. The number of anilines is 3. The predicted octanol–water partition coefficient (Wildman–Crippen LogP) is 12.8. The molecule has 222 valence electrons. The van der Waals surface area contributed by atoms with Gasteiger partial charge in [-0.2, -0.15) is 0 Å². The van der Waals surface area contributed by atoms with Crippen LogP contribution >= 0.6 is 0 Å². The van der Waals surface area contributed by atoms with Crippen molar-refractivity contribution < 1.29 is 4.42 Å². The van der Waals surface area contributed by atoms with Crippen LogP contribution in [0.25, 0.3) is 65.7 Å². The fourth-order valence-corrected chi connectivity index (χ4v) is 8.15. The minimum absolute atomic E-state index is 0.0825. The smallest absolute Gasteiger partial charge is 0.136 e. The maximum Gasteiger partial charge on any atom is 0.136 e. The van der Waals surface area contributed by atoms with Gasteiger partial charge >= 0.3 is 0 Å². The van der Waals surface area contributed by atoms with Crippen LogP contribution in [0.5, 0.6) is 0 Å². The van der Waals surface area contributed by atoms with Gasteiger partial charge in [0, 0.05) is 32.9 Å². The maximum absolute atomic E-state index is 6.25. The third-order valence-corrected chi connectivity index (χ3v) is 10.4. The van der Waals surface area contributed by atoms with E-state index in [4.69, 9.17) is 4.42 Å². The molecule has 47 heavy (non-hydrogen) atoms. The topological polar surface area (TPSA) is 16.4 Å². The molecule has 9 aromatic rings. The molecule has 2 heteroatoms. The number of fused-ring (bicyclic) bond motifs is 4. The molecular weight excluding hydrogens is 571 g/mol. The summed E-state index contributed by atoms with van der Waals surface area (Å²) in [6, 6.07) is 55.3. The van der Waals surface area contributed by atoms with Crippen molar-refractivity contribution in [3.63, 3.8) is 0 Å². The van der Waals surface area contributed by atoms with Crippen molar-refractivity contribution >= 4 is 60.5 Å². The fraction of sp³-hybridized carbons (Fsp3) is 0.0667. The first-order chi connectivity index (χ1) is 23.1. The molecule has 2 nitrogen and oxygen atoms in total. The van der Waals surface area contributed by atoms with Gasteiger partial charge in [0.25, 0.3) is 0 Å². The SMILES string of the molecule is CC1(C)c2ccccc2-c2ccc(N(c3ccc(-c4ccc5oc6cccc7ccc4c5c76)cc3)c3cccc4ccccc34)cc21. The lowest BCUT2D eigenvalue weighted by atomic mass is 9.82. The Morgan fingerprint density at radius 3 is 2.09 bits per heavy atom. The van der Waals surface area contributed by atoms with Gasteiger partial charge in [0.1, 0.15) is 11.2 Å². The monoisotopic (exact) mass is 601 g/mol. The molecule has 0 bridgehead atoms. The van der Waals surface area contributed by atoms with Crippen LogP contribution in [0, 0.1) is 0 Å². The van der Waals surface area contributed by atoms with Gasteiger partial charge in [-0.1, -0.05) is 123 Å². The summed E-state index contributed by atoms with van der Waals surface area (Å²) in [5.74, 6) is 0. The van der Waals surface area contributed by atoms with Gasteiger partial charge < -0.3 is 9.32 Å². The Morgan fingerprint density at radius 1 is 0.468 bits per heavy atom. The zero-order valence-electron chi connectivity index (χ0n) is 26.3. The van der Waals surface area contributed by atoms with E-state index in [1.165, 1.54) is 71.4 Å². The van der Waals surface area contributed by atoms with E-state index in [0.29, 0.717) is 0 Å². The molecule has 0 atom stereocenters. The number of nitrogens with zero attached hydrogens (tertiary/aromatic N) is 1. The molecule has 1 aromatic heterocycles. The van der Waals surface area contributed by atoms with Crippen LogP contribution in [-0.2, 0) is 5.41 Å². The molecule has 10 rings (SSSR count). The van der Waals surface area contributed by atoms with Crippen LogP contribution in [0.2, 0.25) is 0 Å². The summed E-state index contributed by atoms with van der Waals surface area (Å²) in [6.07, 6.45) is 0. The Hall–Kier alpha value is -5.86. The van der Waals surface area contributed by atoms with Gasteiger partial charge in [-0.25, -0.2) is 0 Å². The first-order valence-corrected chi connectivity index (χ1v) is 16.4. The van der Waals surface area contributed by atoms with E-state index in [9.17, 15) is 0 Å². The fourth-order valence-electron chi connectivity index (χ4n) is 8.15. The highest BCUT2D eigenvalue weighted by Gasteiger charge is 2.35. The molecule has 0 spiro atoms. The largest absolute Gasteiger partial charge is 0.456 e. The van der Waals surface area contributed by atoms with Gasteiger partial charge in [0.05, 0.1) is 5.69 Å². The van der Waals surface area contributed by atoms with E-state index in [2.05, 4.69) is 170 Å². The van der Waals surface area contributed by atoms with Crippen LogP contribution in [0.15, 0.2) is 156 Å². The van der Waals surface area contributed by atoms with Crippen molar-refractivity contribution in [1.29, 1.82) is 0 Å². The van der Waals surface area contributed by atoms with Crippen molar-refractivity contribution in [3.8, 4) is 22.3 Å². The number of benzene rings is 8. The Balaban J connectivity index is 1.14. The Labute approximate surface area is 273 Å². The van der Waals surface area contributed by atoms with Gasteiger partial charge in [-0.3, -0.25) is 0 Å². The van der Waals surface area contributed by atoms with Gasteiger partial charge in [-0.15, -0.1) is 0 Å². The molecule has 0 N–H and O–H groups in total. The molecule has 0 saturated carbocycles. The number of hydrogen-bond donors (Lipinski definition) is 0. The van der Waals surface area contributed by atoms with Crippen molar-refractivity contribution in [3.05, 3.63) is 163 Å².